The summed E-state index contributed by atoms with van der Waals surface area (Å²) in [4.78, 5) is 26.0. The van der Waals surface area contributed by atoms with Crippen LogP contribution in [-0.4, -0.2) is 53.5 Å². The zero-order valence-corrected chi connectivity index (χ0v) is 15.3. The third-order valence-electron chi connectivity index (χ3n) is 4.28. The first-order valence-corrected chi connectivity index (χ1v) is 8.83. The number of aryl methyl sites for hydroxylation is 1. The number of rotatable bonds is 4. The van der Waals surface area contributed by atoms with Crippen molar-refractivity contribution in [2.45, 2.75) is 13.8 Å². The largest absolute Gasteiger partial charge is 0.338 e. The molecule has 0 unspecified atom stereocenters. The van der Waals surface area contributed by atoms with Crippen molar-refractivity contribution < 1.29 is 4.79 Å². The number of piperazine rings is 1. The Labute approximate surface area is 152 Å². The molecule has 1 amide bonds. The fraction of sp³-hybridized carbons (Fsp3) is 0.389. The number of hydrogen-bond acceptors (Lipinski definition) is 5. The molecule has 0 radical (unpaired) electrons. The molecular formula is C18H22ClN5O. The standard InChI is InChI=1S/C18H22ClN5O/c1-3-23-8-10-24(11-9-23)18-20-13(2)12-16(22-18)17(25)21-15-6-4-14(19)5-7-15/h4-7,12H,3,8-11H2,1-2H3,(H,21,25). The maximum absolute atomic E-state index is 12.5. The van der Waals surface area contributed by atoms with Crippen molar-refractivity contribution in [3.63, 3.8) is 0 Å². The van der Waals surface area contributed by atoms with Gasteiger partial charge in [0.25, 0.3) is 5.91 Å². The van der Waals surface area contributed by atoms with E-state index in [0.717, 1.165) is 38.4 Å². The summed E-state index contributed by atoms with van der Waals surface area (Å²) in [5.74, 6) is 0.373. The van der Waals surface area contributed by atoms with E-state index in [4.69, 9.17) is 11.6 Å². The Hall–Kier alpha value is -2.18. The second kappa shape index (κ2) is 7.80. The fourth-order valence-electron chi connectivity index (χ4n) is 2.80. The number of nitrogens with one attached hydrogen (secondary N) is 1. The molecule has 25 heavy (non-hydrogen) atoms. The van der Waals surface area contributed by atoms with Crippen LogP contribution in [-0.2, 0) is 0 Å². The smallest absolute Gasteiger partial charge is 0.274 e. The Balaban J connectivity index is 1.74. The Morgan fingerprint density at radius 2 is 1.84 bits per heavy atom. The SMILES string of the molecule is CCN1CCN(c2nc(C)cc(C(=O)Nc3ccc(Cl)cc3)n2)CC1. The highest BCUT2D eigenvalue weighted by atomic mass is 35.5. The minimum Gasteiger partial charge on any atom is -0.338 e. The van der Waals surface area contributed by atoms with Gasteiger partial charge in [-0.15, -0.1) is 0 Å². The van der Waals surface area contributed by atoms with E-state index in [9.17, 15) is 4.79 Å². The fourth-order valence-corrected chi connectivity index (χ4v) is 2.93. The molecule has 1 aromatic carbocycles. The van der Waals surface area contributed by atoms with Crippen LogP contribution in [0.5, 0.6) is 0 Å². The second-order valence-corrected chi connectivity index (χ2v) is 6.51. The molecule has 1 aliphatic heterocycles. The quantitative estimate of drug-likeness (QED) is 0.909. The van der Waals surface area contributed by atoms with Gasteiger partial charge in [-0.05, 0) is 43.8 Å². The van der Waals surface area contributed by atoms with Crippen LogP contribution in [0.4, 0.5) is 11.6 Å². The van der Waals surface area contributed by atoms with E-state index in [2.05, 4.69) is 32.0 Å². The highest BCUT2D eigenvalue weighted by molar-refractivity contribution is 6.30. The number of carbonyl (C=O) groups is 1. The van der Waals surface area contributed by atoms with E-state index in [1.165, 1.54) is 0 Å². The molecular weight excluding hydrogens is 338 g/mol. The van der Waals surface area contributed by atoms with Gasteiger partial charge in [-0.25, -0.2) is 9.97 Å². The number of aromatic nitrogens is 2. The van der Waals surface area contributed by atoms with Crippen LogP contribution in [0.25, 0.3) is 0 Å². The predicted octanol–water partition coefficient (Wildman–Crippen LogP) is 2.83. The number of amides is 1. The molecule has 2 heterocycles. The Morgan fingerprint density at radius 3 is 2.48 bits per heavy atom. The van der Waals surface area contributed by atoms with Gasteiger partial charge in [0.05, 0.1) is 0 Å². The predicted molar refractivity (Wildman–Crippen MR) is 101 cm³/mol. The molecule has 1 fully saturated rings. The van der Waals surface area contributed by atoms with E-state index >= 15 is 0 Å². The van der Waals surface area contributed by atoms with Gasteiger partial charge in [0.15, 0.2) is 0 Å². The molecule has 6 nitrogen and oxygen atoms in total. The molecule has 0 atom stereocenters. The molecule has 1 aromatic heterocycles. The summed E-state index contributed by atoms with van der Waals surface area (Å²) in [5, 5.41) is 3.47. The normalized spacial score (nSPS) is 15.2. The number of likely N-dealkylation sites (N-methyl/N-ethyl adjacent to an activating group) is 1. The van der Waals surface area contributed by atoms with Crippen LogP contribution in [0.1, 0.15) is 23.1 Å². The topological polar surface area (TPSA) is 61.4 Å². The molecule has 0 bridgehead atoms. The van der Waals surface area contributed by atoms with Gasteiger partial charge in [-0.1, -0.05) is 18.5 Å². The van der Waals surface area contributed by atoms with Crippen LogP contribution in [0, 0.1) is 6.92 Å². The summed E-state index contributed by atoms with van der Waals surface area (Å²) in [6.45, 7) is 8.81. The van der Waals surface area contributed by atoms with Gasteiger partial charge in [-0.2, -0.15) is 0 Å². The monoisotopic (exact) mass is 359 g/mol. The maximum Gasteiger partial charge on any atom is 0.274 e. The van der Waals surface area contributed by atoms with E-state index in [0.29, 0.717) is 22.4 Å². The first-order valence-electron chi connectivity index (χ1n) is 8.45. The maximum atomic E-state index is 12.5. The van der Waals surface area contributed by atoms with Crippen molar-refractivity contribution in [1.82, 2.24) is 14.9 Å². The van der Waals surface area contributed by atoms with Crippen molar-refractivity contribution in [2.24, 2.45) is 0 Å². The van der Waals surface area contributed by atoms with Gasteiger partial charge in [0, 0.05) is 42.6 Å². The van der Waals surface area contributed by atoms with Gasteiger partial charge in [0.1, 0.15) is 5.69 Å². The van der Waals surface area contributed by atoms with Crippen molar-refractivity contribution in [2.75, 3.05) is 42.9 Å². The number of halogens is 1. The number of hydrogen-bond donors (Lipinski definition) is 1. The average Bonchev–Trinajstić information content (AvgIpc) is 2.63. The second-order valence-electron chi connectivity index (χ2n) is 6.08. The molecule has 3 rings (SSSR count). The summed E-state index contributed by atoms with van der Waals surface area (Å²) in [7, 11) is 0. The van der Waals surface area contributed by atoms with Crippen LogP contribution in [0.15, 0.2) is 30.3 Å². The third kappa shape index (κ3) is 4.46. The van der Waals surface area contributed by atoms with E-state index < -0.39 is 0 Å². The van der Waals surface area contributed by atoms with Gasteiger partial charge in [-0.3, -0.25) is 4.79 Å². The number of nitrogens with zero attached hydrogens (tertiary/aromatic N) is 4. The first-order chi connectivity index (χ1) is 12.0. The molecule has 0 spiro atoms. The molecule has 7 heteroatoms. The molecule has 1 aliphatic rings. The number of benzene rings is 1. The summed E-state index contributed by atoms with van der Waals surface area (Å²) >= 11 is 5.87. The van der Waals surface area contributed by atoms with Gasteiger partial charge < -0.3 is 15.1 Å². The van der Waals surface area contributed by atoms with E-state index in [-0.39, 0.29) is 5.91 Å². The summed E-state index contributed by atoms with van der Waals surface area (Å²) in [6.07, 6.45) is 0. The van der Waals surface area contributed by atoms with E-state index in [1.807, 2.05) is 6.92 Å². The summed E-state index contributed by atoms with van der Waals surface area (Å²) < 4.78 is 0. The molecule has 1 N–H and O–H groups in total. The van der Waals surface area contributed by atoms with Crippen molar-refractivity contribution in [1.29, 1.82) is 0 Å². The minimum atomic E-state index is -0.249. The molecule has 1 saturated heterocycles. The number of carbonyl (C=O) groups excluding carboxylic acids is 1. The highest BCUT2D eigenvalue weighted by Gasteiger charge is 2.20. The van der Waals surface area contributed by atoms with Crippen molar-refractivity contribution >= 4 is 29.1 Å². The van der Waals surface area contributed by atoms with Crippen LogP contribution >= 0.6 is 11.6 Å². The first kappa shape index (κ1) is 17.6. The lowest BCUT2D eigenvalue weighted by molar-refractivity contribution is 0.102. The number of anilines is 2. The van der Waals surface area contributed by atoms with E-state index in [1.54, 1.807) is 30.3 Å². The van der Waals surface area contributed by atoms with Gasteiger partial charge >= 0.3 is 0 Å². The Morgan fingerprint density at radius 1 is 1.16 bits per heavy atom. The van der Waals surface area contributed by atoms with Crippen LogP contribution in [0.2, 0.25) is 5.02 Å². The third-order valence-corrected chi connectivity index (χ3v) is 4.53. The molecule has 2 aromatic rings. The summed E-state index contributed by atoms with van der Waals surface area (Å²) in [5.41, 5.74) is 1.84. The highest BCUT2D eigenvalue weighted by Crippen LogP contribution is 2.16. The Bertz CT molecular complexity index is 742. The lowest BCUT2D eigenvalue weighted by Crippen LogP contribution is -2.47. The zero-order chi connectivity index (χ0) is 17.8. The molecule has 0 aliphatic carbocycles. The van der Waals surface area contributed by atoms with Crippen LogP contribution < -0.4 is 10.2 Å². The lowest BCUT2D eigenvalue weighted by Gasteiger charge is -2.34. The zero-order valence-electron chi connectivity index (χ0n) is 14.5. The lowest BCUT2D eigenvalue weighted by atomic mass is 10.2. The van der Waals surface area contributed by atoms with Crippen molar-refractivity contribution in [3.8, 4) is 0 Å². The minimum absolute atomic E-state index is 0.249. The Kier molecular flexibility index (Phi) is 5.50. The molecule has 132 valence electrons. The van der Waals surface area contributed by atoms with Gasteiger partial charge in [0.2, 0.25) is 5.95 Å². The van der Waals surface area contributed by atoms with Crippen molar-refractivity contribution in [3.05, 3.63) is 46.7 Å². The average molecular weight is 360 g/mol. The van der Waals surface area contributed by atoms with Crippen LogP contribution in [0.3, 0.4) is 0 Å². The molecule has 0 saturated carbocycles. The summed E-state index contributed by atoms with van der Waals surface area (Å²) in [6, 6.07) is 8.71.